The summed E-state index contributed by atoms with van der Waals surface area (Å²) in [4.78, 5) is 0. The first kappa shape index (κ1) is 10.0. The van der Waals surface area contributed by atoms with Gasteiger partial charge in [0.1, 0.15) is 0 Å². The Hall–Kier alpha value is -0.520. The van der Waals surface area contributed by atoms with Crippen LogP contribution in [0.3, 0.4) is 0 Å². The molecule has 0 aromatic rings. The molecule has 0 heteroatoms. The summed E-state index contributed by atoms with van der Waals surface area (Å²) in [5.41, 5.74) is 3.14. The Morgan fingerprint density at radius 3 is 2.86 bits per heavy atom. The summed E-state index contributed by atoms with van der Waals surface area (Å²) >= 11 is 0. The molecule has 78 valence electrons. The van der Waals surface area contributed by atoms with Crippen LogP contribution in [0.1, 0.15) is 46.0 Å². The second-order valence-electron chi connectivity index (χ2n) is 5.10. The molecule has 14 heavy (non-hydrogen) atoms. The molecule has 1 fully saturated rings. The van der Waals surface area contributed by atoms with Crippen LogP contribution in [0.2, 0.25) is 0 Å². The normalized spacial score (nSPS) is 37.7. The lowest BCUT2D eigenvalue weighted by Gasteiger charge is -2.41. The van der Waals surface area contributed by atoms with Crippen LogP contribution in [0.25, 0.3) is 0 Å². The molecule has 0 N–H and O–H groups in total. The third-order valence-corrected chi connectivity index (χ3v) is 4.22. The molecule has 0 aliphatic heterocycles. The summed E-state index contributed by atoms with van der Waals surface area (Å²) in [6.07, 6.45) is 9.22. The predicted octanol–water partition coefficient (Wildman–Crippen LogP) is 4.34. The molecule has 0 bridgehead atoms. The lowest BCUT2D eigenvalue weighted by Crippen LogP contribution is -2.30. The van der Waals surface area contributed by atoms with Gasteiger partial charge in [0.05, 0.1) is 0 Å². The molecular formula is C14H22. The van der Waals surface area contributed by atoms with Gasteiger partial charge >= 0.3 is 0 Å². The molecule has 0 saturated heterocycles. The number of rotatable bonds is 1. The van der Waals surface area contributed by atoms with Crippen molar-refractivity contribution in [3.05, 3.63) is 23.8 Å². The van der Waals surface area contributed by atoms with Gasteiger partial charge in [0.2, 0.25) is 0 Å². The molecule has 0 aromatic heterocycles. The summed E-state index contributed by atoms with van der Waals surface area (Å²) in [5.74, 6) is 2.58. The van der Waals surface area contributed by atoms with Crippen LogP contribution in [-0.4, -0.2) is 0 Å². The highest BCUT2D eigenvalue weighted by molar-refractivity contribution is 5.18. The SMILES string of the molecule is C=C1CC[C@@H](CC)[C@@H]2C=C(C)CC[C@@H]12. The van der Waals surface area contributed by atoms with Gasteiger partial charge in [0, 0.05) is 0 Å². The van der Waals surface area contributed by atoms with Crippen molar-refractivity contribution in [2.24, 2.45) is 17.8 Å². The highest BCUT2D eigenvalue weighted by Gasteiger charge is 2.34. The predicted molar refractivity (Wildman–Crippen MR) is 62.1 cm³/mol. The van der Waals surface area contributed by atoms with Crippen LogP contribution in [0, 0.1) is 17.8 Å². The molecule has 0 spiro atoms. The zero-order valence-electron chi connectivity index (χ0n) is 9.55. The molecule has 0 radical (unpaired) electrons. The average molecular weight is 190 g/mol. The maximum Gasteiger partial charge on any atom is -0.0137 e. The summed E-state index contributed by atoms with van der Waals surface area (Å²) in [5, 5.41) is 0. The lowest BCUT2D eigenvalue weighted by molar-refractivity contribution is 0.223. The first-order valence-corrected chi connectivity index (χ1v) is 6.07. The van der Waals surface area contributed by atoms with Gasteiger partial charge in [-0.15, -0.1) is 0 Å². The van der Waals surface area contributed by atoms with E-state index in [0.29, 0.717) is 0 Å². The van der Waals surface area contributed by atoms with Gasteiger partial charge in [0.25, 0.3) is 0 Å². The minimum absolute atomic E-state index is 0.817. The Bertz CT molecular complexity index is 259. The molecule has 2 rings (SSSR count). The fraction of sp³-hybridized carbons (Fsp3) is 0.714. The van der Waals surface area contributed by atoms with Crippen molar-refractivity contribution >= 4 is 0 Å². The molecule has 2 aliphatic carbocycles. The van der Waals surface area contributed by atoms with Crippen molar-refractivity contribution in [3.63, 3.8) is 0 Å². The Labute approximate surface area is 88.1 Å². The van der Waals surface area contributed by atoms with Gasteiger partial charge < -0.3 is 0 Å². The van der Waals surface area contributed by atoms with Crippen LogP contribution in [-0.2, 0) is 0 Å². The van der Waals surface area contributed by atoms with Gasteiger partial charge in [-0.2, -0.15) is 0 Å². The van der Waals surface area contributed by atoms with E-state index >= 15 is 0 Å². The van der Waals surface area contributed by atoms with Crippen molar-refractivity contribution in [2.75, 3.05) is 0 Å². The van der Waals surface area contributed by atoms with Gasteiger partial charge in [0.15, 0.2) is 0 Å². The highest BCUT2D eigenvalue weighted by Crippen LogP contribution is 2.45. The van der Waals surface area contributed by atoms with Crippen LogP contribution < -0.4 is 0 Å². The summed E-state index contributed by atoms with van der Waals surface area (Å²) in [6.45, 7) is 8.90. The zero-order chi connectivity index (χ0) is 10.1. The van der Waals surface area contributed by atoms with Crippen molar-refractivity contribution in [2.45, 2.75) is 46.0 Å². The molecule has 0 heterocycles. The smallest absolute Gasteiger partial charge is 0.0137 e. The van der Waals surface area contributed by atoms with Crippen LogP contribution >= 0.6 is 0 Å². The Balaban J connectivity index is 2.22. The molecule has 0 unspecified atom stereocenters. The minimum atomic E-state index is 0.817. The average Bonchev–Trinajstić information content (AvgIpc) is 2.18. The van der Waals surface area contributed by atoms with Crippen molar-refractivity contribution in [1.29, 1.82) is 0 Å². The van der Waals surface area contributed by atoms with Crippen molar-refractivity contribution in [3.8, 4) is 0 Å². The standard InChI is InChI=1S/C14H22/c1-4-12-7-6-11(3)13-8-5-10(2)9-14(12)13/h9,12-14H,3-8H2,1-2H3/t12-,13+,14+/m1/s1. The zero-order valence-corrected chi connectivity index (χ0v) is 9.55. The quantitative estimate of drug-likeness (QED) is 0.540. The van der Waals surface area contributed by atoms with Gasteiger partial charge in [-0.25, -0.2) is 0 Å². The van der Waals surface area contributed by atoms with E-state index in [9.17, 15) is 0 Å². The summed E-state index contributed by atoms with van der Waals surface area (Å²) < 4.78 is 0. The van der Waals surface area contributed by atoms with E-state index in [1.807, 2.05) is 0 Å². The molecule has 0 amide bonds. The molecular weight excluding hydrogens is 168 g/mol. The maximum absolute atomic E-state index is 4.26. The molecule has 1 saturated carbocycles. The van der Waals surface area contributed by atoms with E-state index in [0.717, 1.165) is 17.8 Å². The fourth-order valence-corrected chi connectivity index (χ4v) is 3.27. The molecule has 3 atom stereocenters. The van der Waals surface area contributed by atoms with Crippen molar-refractivity contribution < 1.29 is 0 Å². The van der Waals surface area contributed by atoms with E-state index in [2.05, 4.69) is 26.5 Å². The summed E-state index contributed by atoms with van der Waals surface area (Å²) in [6, 6.07) is 0. The molecule has 0 nitrogen and oxygen atoms in total. The molecule has 2 aliphatic rings. The number of hydrogen-bond donors (Lipinski definition) is 0. The topological polar surface area (TPSA) is 0 Å². The van der Waals surface area contributed by atoms with Crippen molar-refractivity contribution in [1.82, 2.24) is 0 Å². The second-order valence-corrected chi connectivity index (χ2v) is 5.10. The Morgan fingerprint density at radius 2 is 2.14 bits per heavy atom. The lowest BCUT2D eigenvalue weighted by atomic mass is 9.64. The minimum Gasteiger partial charge on any atom is -0.0996 e. The highest BCUT2D eigenvalue weighted by atomic mass is 14.4. The monoisotopic (exact) mass is 190 g/mol. The first-order chi connectivity index (χ1) is 6.72. The van der Waals surface area contributed by atoms with Gasteiger partial charge in [-0.1, -0.05) is 37.1 Å². The summed E-state index contributed by atoms with van der Waals surface area (Å²) in [7, 11) is 0. The van der Waals surface area contributed by atoms with E-state index < -0.39 is 0 Å². The van der Waals surface area contributed by atoms with E-state index in [4.69, 9.17) is 0 Å². The van der Waals surface area contributed by atoms with E-state index in [1.54, 1.807) is 5.57 Å². The maximum atomic E-state index is 4.26. The largest absolute Gasteiger partial charge is 0.0996 e. The van der Waals surface area contributed by atoms with Gasteiger partial charge in [-0.3, -0.25) is 0 Å². The Morgan fingerprint density at radius 1 is 1.36 bits per heavy atom. The van der Waals surface area contributed by atoms with E-state index in [-0.39, 0.29) is 0 Å². The number of hydrogen-bond acceptors (Lipinski definition) is 0. The third-order valence-electron chi connectivity index (χ3n) is 4.22. The third kappa shape index (κ3) is 1.67. The van der Waals surface area contributed by atoms with Crippen LogP contribution in [0.5, 0.6) is 0 Å². The second kappa shape index (κ2) is 3.92. The molecule has 0 aromatic carbocycles. The number of fused-ring (bicyclic) bond motifs is 1. The Kier molecular flexibility index (Phi) is 2.80. The van der Waals surface area contributed by atoms with Crippen LogP contribution in [0.15, 0.2) is 23.8 Å². The van der Waals surface area contributed by atoms with Gasteiger partial charge in [-0.05, 0) is 50.4 Å². The number of allylic oxidation sites excluding steroid dienone is 3. The van der Waals surface area contributed by atoms with E-state index in [1.165, 1.54) is 37.7 Å². The first-order valence-electron chi connectivity index (χ1n) is 6.07. The van der Waals surface area contributed by atoms with Crippen LogP contribution in [0.4, 0.5) is 0 Å². The fourth-order valence-electron chi connectivity index (χ4n) is 3.27.